The minimum absolute atomic E-state index is 0.487. The molecule has 4 aromatic rings. The van der Waals surface area contributed by atoms with E-state index in [2.05, 4.69) is 25.4 Å². The first-order valence-corrected chi connectivity index (χ1v) is 8.17. The smallest absolute Gasteiger partial charge is 0.223 e. The Morgan fingerprint density at radius 3 is 2.76 bits per heavy atom. The van der Waals surface area contributed by atoms with E-state index in [9.17, 15) is 0 Å². The molecule has 3 heterocycles. The molecule has 1 N–H and O–H groups in total. The summed E-state index contributed by atoms with van der Waals surface area (Å²) in [6, 6.07) is 11.5. The Labute approximate surface area is 149 Å². The van der Waals surface area contributed by atoms with Crippen molar-refractivity contribution in [3.05, 3.63) is 65.7 Å². The van der Waals surface area contributed by atoms with E-state index in [0.29, 0.717) is 17.5 Å². The molecule has 6 nitrogen and oxygen atoms in total. The fourth-order valence-corrected chi connectivity index (χ4v) is 3.05. The van der Waals surface area contributed by atoms with Crippen LogP contribution in [0.1, 0.15) is 5.69 Å². The Bertz CT molecular complexity index is 1030. The summed E-state index contributed by atoms with van der Waals surface area (Å²) in [7, 11) is 1.91. The summed E-state index contributed by atoms with van der Waals surface area (Å²) in [6.07, 6.45) is 5.22. The van der Waals surface area contributed by atoms with Crippen molar-refractivity contribution in [2.24, 2.45) is 7.05 Å². The first-order valence-electron chi connectivity index (χ1n) is 7.80. The van der Waals surface area contributed by atoms with E-state index in [1.165, 1.54) is 0 Å². The lowest BCUT2D eigenvalue weighted by Gasteiger charge is -2.06. The fourth-order valence-electron chi connectivity index (χ4n) is 2.77. The molecule has 0 aliphatic rings. The van der Waals surface area contributed by atoms with Gasteiger partial charge in [-0.1, -0.05) is 17.7 Å². The van der Waals surface area contributed by atoms with Gasteiger partial charge in [0.25, 0.3) is 0 Å². The molecule has 3 aromatic heterocycles. The zero-order chi connectivity index (χ0) is 17.2. The van der Waals surface area contributed by atoms with E-state index >= 15 is 0 Å². The lowest BCUT2D eigenvalue weighted by Crippen LogP contribution is -2.05. The Hall–Kier alpha value is -2.99. The number of hydrogen-bond donors (Lipinski definition) is 1. The number of hydrogen-bond acceptors (Lipinski definition) is 5. The number of anilines is 1. The van der Waals surface area contributed by atoms with Gasteiger partial charge in [0.2, 0.25) is 5.95 Å². The van der Waals surface area contributed by atoms with Crippen molar-refractivity contribution < 1.29 is 0 Å². The van der Waals surface area contributed by atoms with E-state index in [1.807, 2.05) is 48.1 Å². The van der Waals surface area contributed by atoms with E-state index in [0.717, 1.165) is 27.9 Å². The highest BCUT2D eigenvalue weighted by Crippen LogP contribution is 2.26. The maximum absolute atomic E-state index is 6.34. The summed E-state index contributed by atoms with van der Waals surface area (Å²) >= 11 is 6.34. The van der Waals surface area contributed by atoms with Crippen LogP contribution in [0.15, 0.2) is 55.0 Å². The van der Waals surface area contributed by atoms with Crippen molar-refractivity contribution in [3.63, 3.8) is 0 Å². The molecule has 0 atom stereocenters. The molecule has 0 spiro atoms. The highest BCUT2D eigenvalue weighted by Gasteiger charge is 2.12. The van der Waals surface area contributed by atoms with Gasteiger partial charge >= 0.3 is 0 Å². The van der Waals surface area contributed by atoms with Crippen LogP contribution in [0, 0.1) is 0 Å². The zero-order valence-corrected chi connectivity index (χ0v) is 14.3. The molecule has 0 bridgehead atoms. The predicted octanol–water partition coefficient (Wildman–Crippen LogP) is 3.69. The normalized spacial score (nSPS) is 11.0. The minimum atomic E-state index is 0.487. The minimum Gasteiger partial charge on any atom is -0.348 e. The molecular formula is C18H15ClN6. The summed E-state index contributed by atoms with van der Waals surface area (Å²) in [5.74, 6) is 0.542. The second kappa shape index (κ2) is 6.49. The largest absolute Gasteiger partial charge is 0.348 e. The fraction of sp³-hybridized carbons (Fsp3) is 0.111. The average molecular weight is 351 g/mol. The van der Waals surface area contributed by atoms with Crippen molar-refractivity contribution in [2.45, 2.75) is 6.54 Å². The van der Waals surface area contributed by atoms with Gasteiger partial charge in [-0.15, -0.1) is 0 Å². The molecule has 25 heavy (non-hydrogen) atoms. The quantitative estimate of drug-likeness (QED) is 0.608. The van der Waals surface area contributed by atoms with Gasteiger partial charge in [-0.05, 0) is 30.3 Å². The summed E-state index contributed by atoms with van der Waals surface area (Å²) in [5, 5.41) is 9.42. The Morgan fingerprint density at radius 2 is 1.92 bits per heavy atom. The van der Waals surface area contributed by atoms with Gasteiger partial charge in [0.1, 0.15) is 0 Å². The number of nitrogens with zero attached hydrogens (tertiary/aromatic N) is 5. The number of benzene rings is 1. The molecule has 7 heteroatoms. The van der Waals surface area contributed by atoms with Crippen molar-refractivity contribution in [1.29, 1.82) is 0 Å². The average Bonchev–Trinajstić information content (AvgIpc) is 2.98. The second-order valence-corrected chi connectivity index (χ2v) is 5.97. The number of fused-ring (bicyclic) bond motifs is 1. The number of rotatable bonds is 4. The lowest BCUT2D eigenvalue weighted by atomic mass is 10.2. The van der Waals surface area contributed by atoms with Crippen LogP contribution in [0.5, 0.6) is 0 Å². The van der Waals surface area contributed by atoms with Crippen LogP contribution in [0.2, 0.25) is 5.02 Å². The third-order valence-corrected chi connectivity index (χ3v) is 4.26. The van der Waals surface area contributed by atoms with Crippen LogP contribution in [-0.2, 0) is 13.6 Å². The van der Waals surface area contributed by atoms with Gasteiger partial charge < -0.3 is 5.32 Å². The zero-order valence-electron chi connectivity index (χ0n) is 13.5. The summed E-state index contributed by atoms with van der Waals surface area (Å²) in [6.45, 7) is 0.487. The summed E-state index contributed by atoms with van der Waals surface area (Å²) < 4.78 is 1.83. The topological polar surface area (TPSA) is 68.5 Å². The van der Waals surface area contributed by atoms with Crippen molar-refractivity contribution in [1.82, 2.24) is 24.7 Å². The van der Waals surface area contributed by atoms with Gasteiger partial charge in [0.05, 0.1) is 28.5 Å². The van der Waals surface area contributed by atoms with E-state index in [-0.39, 0.29) is 0 Å². The summed E-state index contributed by atoms with van der Waals surface area (Å²) in [5.41, 5.74) is 3.69. The first kappa shape index (κ1) is 15.5. The maximum Gasteiger partial charge on any atom is 0.223 e. The molecule has 0 fully saturated rings. The SMILES string of the molecule is Cn1nc(CNc2nccc(-c3ccncc3)n2)c2c(Cl)cccc21. The van der Waals surface area contributed by atoms with Gasteiger partial charge in [0, 0.05) is 36.6 Å². The molecule has 0 amide bonds. The number of aromatic nitrogens is 5. The molecule has 0 aliphatic heterocycles. The highest BCUT2D eigenvalue weighted by atomic mass is 35.5. The van der Waals surface area contributed by atoms with Crippen LogP contribution in [0.25, 0.3) is 22.2 Å². The third-order valence-electron chi connectivity index (χ3n) is 3.95. The number of aryl methyl sites for hydroxylation is 1. The van der Waals surface area contributed by atoms with Gasteiger partial charge in [0.15, 0.2) is 0 Å². The second-order valence-electron chi connectivity index (χ2n) is 5.56. The van der Waals surface area contributed by atoms with Gasteiger partial charge in [-0.2, -0.15) is 5.10 Å². The van der Waals surface area contributed by atoms with Crippen LogP contribution >= 0.6 is 11.6 Å². The molecule has 0 unspecified atom stereocenters. The number of halogens is 1. The Morgan fingerprint density at radius 1 is 1.08 bits per heavy atom. The molecular weight excluding hydrogens is 336 g/mol. The van der Waals surface area contributed by atoms with Crippen LogP contribution in [-0.4, -0.2) is 24.7 Å². The van der Waals surface area contributed by atoms with Crippen LogP contribution < -0.4 is 5.32 Å². The molecule has 4 rings (SSSR count). The van der Waals surface area contributed by atoms with Crippen molar-refractivity contribution in [3.8, 4) is 11.3 Å². The van der Waals surface area contributed by atoms with E-state index in [4.69, 9.17) is 11.6 Å². The van der Waals surface area contributed by atoms with Crippen molar-refractivity contribution in [2.75, 3.05) is 5.32 Å². The third kappa shape index (κ3) is 3.04. The van der Waals surface area contributed by atoms with E-state index < -0.39 is 0 Å². The molecule has 0 saturated heterocycles. The molecule has 124 valence electrons. The van der Waals surface area contributed by atoms with Gasteiger partial charge in [-0.25, -0.2) is 9.97 Å². The molecule has 0 aliphatic carbocycles. The summed E-state index contributed by atoms with van der Waals surface area (Å²) in [4.78, 5) is 12.9. The highest BCUT2D eigenvalue weighted by molar-refractivity contribution is 6.35. The van der Waals surface area contributed by atoms with Crippen LogP contribution in [0.4, 0.5) is 5.95 Å². The number of nitrogens with one attached hydrogen (secondary N) is 1. The number of pyridine rings is 1. The molecule has 1 aromatic carbocycles. The van der Waals surface area contributed by atoms with E-state index in [1.54, 1.807) is 18.6 Å². The van der Waals surface area contributed by atoms with Gasteiger partial charge in [-0.3, -0.25) is 9.67 Å². The maximum atomic E-state index is 6.34. The first-order chi connectivity index (χ1) is 12.2. The van der Waals surface area contributed by atoms with Crippen molar-refractivity contribution >= 4 is 28.5 Å². The predicted molar refractivity (Wildman–Crippen MR) is 98.3 cm³/mol. The monoisotopic (exact) mass is 350 g/mol. The standard InChI is InChI=1S/C18H15ClN6/c1-25-16-4-2-3-13(19)17(16)15(24-25)11-22-18-21-10-7-14(23-18)12-5-8-20-9-6-12/h2-10H,11H2,1H3,(H,21,22,23). The molecule has 0 saturated carbocycles. The molecule has 0 radical (unpaired) electrons. The lowest BCUT2D eigenvalue weighted by molar-refractivity contribution is 0.770. The Kier molecular flexibility index (Phi) is 4.03. The van der Waals surface area contributed by atoms with Crippen LogP contribution in [0.3, 0.4) is 0 Å². The Balaban J connectivity index is 1.60.